The largest absolute Gasteiger partial charge is 0.358 e. The highest BCUT2D eigenvalue weighted by atomic mass is 32.2. The molecule has 0 saturated heterocycles. The summed E-state index contributed by atoms with van der Waals surface area (Å²) in [6, 6.07) is 0. The first-order valence-corrected chi connectivity index (χ1v) is 6.44. The predicted octanol–water partition coefficient (Wildman–Crippen LogP) is 1.40. The fraction of sp³-hybridized carbons (Fsp3) is 0.500. The zero-order valence-corrected chi connectivity index (χ0v) is 12.0. The van der Waals surface area contributed by atoms with Crippen molar-refractivity contribution in [1.29, 1.82) is 0 Å². The van der Waals surface area contributed by atoms with E-state index in [0.29, 0.717) is 5.82 Å². The standard InChI is InChI=1S/C10H16N6O2S/c1-10(2,3)13-16-12-5-7(19-16)9-11-6-8(14(9)4)15(17)18/h5-6,12-13H,1-4H3. The molecule has 1 aromatic rings. The highest BCUT2D eigenvalue weighted by molar-refractivity contribution is 8.06. The van der Waals surface area contributed by atoms with Gasteiger partial charge in [-0.1, -0.05) is 4.52 Å². The molecule has 0 amide bonds. The van der Waals surface area contributed by atoms with Gasteiger partial charge in [0.15, 0.2) is 0 Å². The van der Waals surface area contributed by atoms with Gasteiger partial charge in [-0.05, 0) is 25.7 Å². The minimum atomic E-state index is -0.449. The Morgan fingerprint density at radius 2 is 2.21 bits per heavy atom. The molecule has 2 rings (SSSR count). The van der Waals surface area contributed by atoms with Crippen LogP contribution in [0.15, 0.2) is 12.4 Å². The van der Waals surface area contributed by atoms with Crippen LogP contribution in [-0.2, 0) is 7.05 Å². The van der Waals surface area contributed by atoms with Gasteiger partial charge in [-0.25, -0.2) is 15.0 Å². The van der Waals surface area contributed by atoms with Gasteiger partial charge >= 0.3 is 5.82 Å². The average Bonchev–Trinajstić information content (AvgIpc) is 2.82. The van der Waals surface area contributed by atoms with Gasteiger partial charge < -0.3 is 15.5 Å². The molecule has 104 valence electrons. The van der Waals surface area contributed by atoms with Crippen LogP contribution >= 0.6 is 11.9 Å². The molecule has 8 nitrogen and oxygen atoms in total. The molecule has 9 heteroatoms. The van der Waals surface area contributed by atoms with E-state index in [4.69, 9.17) is 0 Å². The summed E-state index contributed by atoms with van der Waals surface area (Å²) in [7, 11) is 1.63. The van der Waals surface area contributed by atoms with Gasteiger partial charge in [0.1, 0.15) is 11.1 Å². The van der Waals surface area contributed by atoms with Crippen molar-refractivity contribution < 1.29 is 4.92 Å². The summed E-state index contributed by atoms with van der Waals surface area (Å²) in [4.78, 5) is 15.2. The first-order valence-electron chi connectivity index (χ1n) is 5.66. The first kappa shape index (κ1) is 13.8. The lowest BCUT2D eigenvalue weighted by Gasteiger charge is -2.26. The van der Waals surface area contributed by atoms with Crippen LogP contribution in [0, 0.1) is 10.1 Å². The number of aromatic nitrogens is 2. The number of nitrogens with one attached hydrogen (secondary N) is 2. The van der Waals surface area contributed by atoms with Crippen LogP contribution in [0.4, 0.5) is 5.82 Å². The van der Waals surface area contributed by atoms with Gasteiger partial charge in [0, 0.05) is 23.7 Å². The Morgan fingerprint density at radius 1 is 1.53 bits per heavy atom. The molecule has 1 aliphatic heterocycles. The molecular weight excluding hydrogens is 268 g/mol. The van der Waals surface area contributed by atoms with E-state index in [9.17, 15) is 10.1 Å². The van der Waals surface area contributed by atoms with E-state index < -0.39 is 4.92 Å². The van der Waals surface area contributed by atoms with Gasteiger partial charge in [-0.15, -0.1) is 0 Å². The minimum Gasteiger partial charge on any atom is -0.358 e. The normalized spacial score (nSPS) is 16.3. The molecule has 0 radical (unpaired) electrons. The Balaban J connectivity index is 2.11. The van der Waals surface area contributed by atoms with Crippen LogP contribution < -0.4 is 10.9 Å². The molecule has 0 aliphatic carbocycles. The summed E-state index contributed by atoms with van der Waals surface area (Å²) >= 11 is 1.40. The van der Waals surface area contributed by atoms with Crippen LogP contribution in [0.3, 0.4) is 0 Å². The second-order valence-corrected chi connectivity index (χ2v) is 6.13. The number of nitro groups is 1. The Labute approximate surface area is 115 Å². The predicted molar refractivity (Wildman–Crippen MR) is 73.3 cm³/mol. The van der Waals surface area contributed by atoms with Crippen LogP contribution in [-0.4, -0.2) is 24.5 Å². The van der Waals surface area contributed by atoms with Crippen LogP contribution in [0.5, 0.6) is 0 Å². The van der Waals surface area contributed by atoms with Crippen molar-refractivity contribution in [2.24, 2.45) is 7.05 Å². The number of hydrogen-bond donors (Lipinski definition) is 2. The zero-order valence-electron chi connectivity index (χ0n) is 11.2. The van der Waals surface area contributed by atoms with Crippen molar-refractivity contribution in [3.05, 3.63) is 28.3 Å². The molecule has 19 heavy (non-hydrogen) atoms. The SMILES string of the molecule is Cn1c([N+](=O)[O-])cnc1C1=CNN(NC(C)(C)C)S1. The molecule has 0 atom stereocenters. The number of imidazole rings is 1. The van der Waals surface area contributed by atoms with Gasteiger partial charge in [0.25, 0.3) is 0 Å². The zero-order chi connectivity index (χ0) is 14.2. The third kappa shape index (κ3) is 3.06. The Hall–Kier alpha value is -1.58. The van der Waals surface area contributed by atoms with Crippen LogP contribution in [0.2, 0.25) is 0 Å². The summed E-state index contributed by atoms with van der Waals surface area (Å²) in [5.74, 6) is 0.529. The molecule has 1 aromatic heterocycles. The number of hydrazine groups is 2. The lowest BCUT2D eigenvalue weighted by Crippen LogP contribution is -2.48. The maximum atomic E-state index is 10.8. The van der Waals surface area contributed by atoms with Gasteiger partial charge in [-0.3, -0.25) is 0 Å². The Kier molecular flexibility index (Phi) is 3.52. The summed E-state index contributed by atoms with van der Waals surface area (Å²) in [5.41, 5.74) is 6.17. The van der Waals surface area contributed by atoms with E-state index in [1.54, 1.807) is 17.8 Å². The van der Waals surface area contributed by atoms with Crippen LogP contribution in [0.25, 0.3) is 4.91 Å². The van der Waals surface area contributed by atoms with E-state index in [1.807, 2.05) is 20.8 Å². The van der Waals surface area contributed by atoms with E-state index >= 15 is 0 Å². The molecular formula is C10H16N6O2S. The van der Waals surface area contributed by atoms with Gasteiger partial charge in [0.2, 0.25) is 5.82 Å². The fourth-order valence-electron chi connectivity index (χ4n) is 1.53. The monoisotopic (exact) mass is 284 g/mol. The van der Waals surface area contributed by atoms with Crippen molar-refractivity contribution in [2.45, 2.75) is 26.3 Å². The quantitative estimate of drug-likeness (QED) is 0.492. The lowest BCUT2D eigenvalue weighted by molar-refractivity contribution is -0.391. The molecule has 0 spiro atoms. The van der Waals surface area contributed by atoms with Crippen molar-refractivity contribution in [1.82, 2.24) is 24.9 Å². The summed E-state index contributed by atoms with van der Waals surface area (Å²) in [5, 5.41) is 10.8. The maximum Gasteiger partial charge on any atom is 0.342 e. The first-order chi connectivity index (χ1) is 8.78. The van der Waals surface area contributed by atoms with Crippen molar-refractivity contribution in [3.8, 4) is 0 Å². The Morgan fingerprint density at radius 3 is 2.74 bits per heavy atom. The van der Waals surface area contributed by atoms with E-state index in [-0.39, 0.29) is 11.4 Å². The third-order valence-electron chi connectivity index (χ3n) is 2.31. The second-order valence-electron chi connectivity index (χ2n) is 5.14. The van der Waals surface area contributed by atoms with E-state index in [0.717, 1.165) is 4.91 Å². The molecule has 2 N–H and O–H groups in total. The van der Waals surface area contributed by atoms with Gasteiger partial charge in [-0.2, -0.15) is 0 Å². The summed E-state index contributed by atoms with van der Waals surface area (Å²) < 4.78 is 3.21. The highest BCUT2D eigenvalue weighted by Crippen LogP contribution is 2.33. The summed E-state index contributed by atoms with van der Waals surface area (Å²) in [6.45, 7) is 6.12. The average molecular weight is 284 g/mol. The molecule has 0 saturated carbocycles. The van der Waals surface area contributed by atoms with E-state index in [2.05, 4.69) is 15.8 Å². The smallest absolute Gasteiger partial charge is 0.342 e. The maximum absolute atomic E-state index is 10.8. The van der Waals surface area contributed by atoms with E-state index in [1.165, 1.54) is 22.7 Å². The molecule has 1 aliphatic rings. The fourth-order valence-corrected chi connectivity index (χ4v) is 2.53. The molecule has 0 bridgehead atoms. The molecule has 2 heterocycles. The Bertz CT molecular complexity index is 533. The molecule has 0 unspecified atom stereocenters. The minimum absolute atomic E-state index is 0.0290. The lowest BCUT2D eigenvalue weighted by atomic mass is 10.1. The third-order valence-corrected chi connectivity index (χ3v) is 3.19. The topological polar surface area (TPSA) is 88.3 Å². The molecule has 0 fully saturated rings. The van der Waals surface area contributed by atoms with Crippen molar-refractivity contribution >= 4 is 22.7 Å². The van der Waals surface area contributed by atoms with Crippen molar-refractivity contribution in [2.75, 3.05) is 0 Å². The van der Waals surface area contributed by atoms with Crippen molar-refractivity contribution in [3.63, 3.8) is 0 Å². The van der Waals surface area contributed by atoms with Crippen LogP contribution in [0.1, 0.15) is 26.6 Å². The number of rotatable bonds is 3. The van der Waals surface area contributed by atoms with Gasteiger partial charge in [0.05, 0.1) is 7.05 Å². The number of hydrogen-bond acceptors (Lipinski definition) is 7. The summed E-state index contributed by atoms with van der Waals surface area (Å²) in [6.07, 6.45) is 3.02. The number of nitrogens with zero attached hydrogens (tertiary/aromatic N) is 4. The second kappa shape index (κ2) is 4.83. The molecule has 0 aromatic carbocycles. The highest BCUT2D eigenvalue weighted by Gasteiger charge is 2.27.